The lowest BCUT2D eigenvalue weighted by atomic mass is 10.1. The van der Waals surface area contributed by atoms with E-state index in [4.69, 9.17) is 0 Å². The molecule has 0 bridgehead atoms. The molecule has 0 unspecified atom stereocenters. The summed E-state index contributed by atoms with van der Waals surface area (Å²) in [6.45, 7) is 4.38. The SMILES string of the molecule is CC(C)c1nc(Br)cnc1NCc1ccc(C(F)(F)F)cc1. The van der Waals surface area contributed by atoms with Crippen molar-refractivity contribution in [2.45, 2.75) is 32.5 Å². The fourth-order valence-electron chi connectivity index (χ4n) is 1.92. The Balaban J connectivity index is 2.10. The smallest absolute Gasteiger partial charge is 0.364 e. The largest absolute Gasteiger partial charge is 0.416 e. The molecule has 22 heavy (non-hydrogen) atoms. The van der Waals surface area contributed by atoms with Gasteiger partial charge in [0.2, 0.25) is 0 Å². The van der Waals surface area contributed by atoms with Crippen LogP contribution in [0, 0.1) is 0 Å². The molecule has 0 radical (unpaired) electrons. The lowest BCUT2D eigenvalue weighted by Crippen LogP contribution is -2.08. The molecule has 1 aromatic heterocycles. The van der Waals surface area contributed by atoms with Crippen LogP contribution in [0.4, 0.5) is 19.0 Å². The van der Waals surface area contributed by atoms with E-state index in [0.717, 1.165) is 23.4 Å². The first-order valence-electron chi connectivity index (χ1n) is 6.70. The molecule has 1 heterocycles. The quantitative estimate of drug-likeness (QED) is 0.819. The Morgan fingerprint density at radius 3 is 2.36 bits per heavy atom. The second kappa shape index (κ2) is 6.64. The van der Waals surface area contributed by atoms with E-state index in [0.29, 0.717) is 17.0 Å². The molecule has 0 aliphatic rings. The van der Waals surface area contributed by atoms with Crippen LogP contribution in [-0.2, 0) is 12.7 Å². The standard InChI is InChI=1S/C15H15BrF3N3/c1-9(2)13-14(21-8-12(16)22-13)20-7-10-3-5-11(6-4-10)15(17,18)19/h3-6,8-9H,7H2,1-2H3,(H,20,21). The van der Waals surface area contributed by atoms with Crippen LogP contribution < -0.4 is 5.32 Å². The molecule has 2 aromatic rings. The van der Waals surface area contributed by atoms with Crippen LogP contribution in [0.2, 0.25) is 0 Å². The average molecular weight is 374 g/mol. The molecule has 7 heteroatoms. The number of anilines is 1. The molecule has 1 N–H and O–H groups in total. The summed E-state index contributed by atoms with van der Waals surface area (Å²) in [6, 6.07) is 5.07. The van der Waals surface area contributed by atoms with Crippen molar-refractivity contribution in [2.75, 3.05) is 5.32 Å². The maximum absolute atomic E-state index is 12.5. The molecule has 0 saturated heterocycles. The minimum atomic E-state index is -4.31. The number of aromatic nitrogens is 2. The molecule has 0 saturated carbocycles. The molecule has 0 spiro atoms. The highest BCUT2D eigenvalue weighted by Gasteiger charge is 2.29. The number of benzene rings is 1. The first-order valence-corrected chi connectivity index (χ1v) is 7.49. The van der Waals surface area contributed by atoms with Crippen LogP contribution in [0.25, 0.3) is 0 Å². The van der Waals surface area contributed by atoms with Gasteiger partial charge in [-0.25, -0.2) is 9.97 Å². The van der Waals surface area contributed by atoms with Crippen molar-refractivity contribution in [3.63, 3.8) is 0 Å². The topological polar surface area (TPSA) is 37.8 Å². The van der Waals surface area contributed by atoms with Crippen LogP contribution in [0.3, 0.4) is 0 Å². The second-order valence-corrected chi connectivity index (χ2v) is 5.94. The average Bonchev–Trinajstić information content (AvgIpc) is 2.45. The zero-order chi connectivity index (χ0) is 16.3. The van der Waals surface area contributed by atoms with Crippen molar-refractivity contribution < 1.29 is 13.2 Å². The highest BCUT2D eigenvalue weighted by atomic mass is 79.9. The third kappa shape index (κ3) is 4.19. The van der Waals surface area contributed by atoms with E-state index >= 15 is 0 Å². The zero-order valence-corrected chi connectivity index (χ0v) is 13.7. The van der Waals surface area contributed by atoms with Crippen LogP contribution in [0.15, 0.2) is 35.1 Å². The number of halogens is 4. The van der Waals surface area contributed by atoms with Crippen molar-refractivity contribution in [3.05, 3.63) is 51.9 Å². The molecule has 3 nitrogen and oxygen atoms in total. The zero-order valence-electron chi connectivity index (χ0n) is 12.1. The van der Waals surface area contributed by atoms with Crippen LogP contribution in [0.5, 0.6) is 0 Å². The summed E-state index contributed by atoms with van der Waals surface area (Å²) in [4.78, 5) is 8.65. The number of hydrogen-bond acceptors (Lipinski definition) is 3. The molecule has 0 aliphatic heterocycles. The lowest BCUT2D eigenvalue weighted by molar-refractivity contribution is -0.137. The van der Waals surface area contributed by atoms with E-state index in [-0.39, 0.29) is 5.92 Å². The molecule has 118 valence electrons. The normalized spacial score (nSPS) is 11.8. The van der Waals surface area contributed by atoms with Gasteiger partial charge in [-0.3, -0.25) is 0 Å². The Bertz CT molecular complexity index is 639. The van der Waals surface area contributed by atoms with Crippen LogP contribution >= 0.6 is 15.9 Å². The maximum atomic E-state index is 12.5. The molecular weight excluding hydrogens is 359 g/mol. The van der Waals surface area contributed by atoms with Gasteiger partial charge in [-0.1, -0.05) is 26.0 Å². The number of alkyl halides is 3. The van der Waals surface area contributed by atoms with Gasteiger partial charge in [0.05, 0.1) is 17.5 Å². The Kier molecular flexibility index (Phi) is 5.05. The predicted octanol–water partition coefficient (Wildman–Crippen LogP) is 4.99. The summed E-state index contributed by atoms with van der Waals surface area (Å²) >= 11 is 3.28. The molecule has 2 rings (SSSR count). The highest BCUT2D eigenvalue weighted by molar-refractivity contribution is 9.10. The van der Waals surface area contributed by atoms with E-state index in [2.05, 4.69) is 31.2 Å². The fraction of sp³-hybridized carbons (Fsp3) is 0.333. The summed E-state index contributed by atoms with van der Waals surface area (Å²) in [7, 11) is 0. The number of nitrogens with one attached hydrogen (secondary N) is 1. The van der Waals surface area contributed by atoms with E-state index < -0.39 is 11.7 Å². The van der Waals surface area contributed by atoms with Crippen molar-refractivity contribution in [1.82, 2.24) is 9.97 Å². The van der Waals surface area contributed by atoms with Crippen LogP contribution in [0.1, 0.15) is 36.6 Å². The minimum Gasteiger partial charge on any atom is -0.364 e. The van der Waals surface area contributed by atoms with Gasteiger partial charge in [0.25, 0.3) is 0 Å². The van der Waals surface area contributed by atoms with Gasteiger partial charge in [-0.15, -0.1) is 0 Å². The number of rotatable bonds is 4. The van der Waals surface area contributed by atoms with Crippen molar-refractivity contribution in [3.8, 4) is 0 Å². The van der Waals surface area contributed by atoms with Gasteiger partial charge >= 0.3 is 6.18 Å². The molecule has 0 aliphatic carbocycles. The molecule has 0 atom stereocenters. The van der Waals surface area contributed by atoms with Gasteiger partial charge in [0.15, 0.2) is 0 Å². The molecule has 1 aromatic carbocycles. The first-order chi connectivity index (χ1) is 10.3. The lowest BCUT2D eigenvalue weighted by Gasteiger charge is -2.13. The van der Waals surface area contributed by atoms with Crippen molar-refractivity contribution in [1.29, 1.82) is 0 Å². The van der Waals surface area contributed by atoms with Gasteiger partial charge in [-0.2, -0.15) is 13.2 Å². The summed E-state index contributed by atoms with van der Waals surface area (Å²) < 4.78 is 38.2. The molecular formula is C15H15BrF3N3. The van der Waals surface area contributed by atoms with E-state index in [1.54, 1.807) is 6.20 Å². The third-order valence-corrected chi connectivity index (χ3v) is 3.44. The number of hydrogen-bond donors (Lipinski definition) is 1. The minimum absolute atomic E-state index is 0.181. The van der Waals surface area contributed by atoms with Gasteiger partial charge in [-0.05, 0) is 39.5 Å². The summed E-state index contributed by atoms with van der Waals surface area (Å²) in [5, 5.41) is 3.12. The highest BCUT2D eigenvalue weighted by Crippen LogP contribution is 2.29. The fourth-order valence-corrected chi connectivity index (χ4v) is 2.21. The van der Waals surface area contributed by atoms with E-state index in [9.17, 15) is 13.2 Å². The van der Waals surface area contributed by atoms with Crippen molar-refractivity contribution in [2.24, 2.45) is 0 Å². The summed E-state index contributed by atoms with van der Waals surface area (Å²) in [5.74, 6) is 0.818. The molecule has 0 fully saturated rings. The summed E-state index contributed by atoms with van der Waals surface area (Å²) in [6.07, 6.45) is -2.73. The second-order valence-electron chi connectivity index (χ2n) is 5.13. The monoisotopic (exact) mass is 373 g/mol. The van der Waals surface area contributed by atoms with Gasteiger partial charge in [0, 0.05) is 6.54 Å². The van der Waals surface area contributed by atoms with Gasteiger partial charge in [0.1, 0.15) is 10.4 Å². The predicted molar refractivity (Wildman–Crippen MR) is 82.6 cm³/mol. The molecule has 0 amide bonds. The number of nitrogens with zero attached hydrogens (tertiary/aromatic N) is 2. The third-order valence-electron chi connectivity index (χ3n) is 3.06. The van der Waals surface area contributed by atoms with E-state index in [1.165, 1.54) is 12.1 Å². The van der Waals surface area contributed by atoms with Crippen LogP contribution in [-0.4, -0.2) is 9.97 Å². The summed E-state index contributed by atoms with van der Waals surface area (Å²) in [5.41, 5.74) is 0.899. The Morgan fingerprint density at radius 2 is 1.82 bits per heavy atom. The Morgan fingerprint density at radius 1 is 1.18 bits per heavy atom. The maximum Gasteiger partial charge on any atom is 0.416 e. The van der Waals surface area contributed by atoms with E-state index in [1.807, 2.05) is 13.8 Å². The first kappa shape index (κ1) is 16.7. The van der Waals surface area contributed by atoms with Crippen molar-refractivity contribution >= 4 is 21.7 Å². The Hall–Kier alpha value is -1.63. The van der Waals surface area contributed by atoms with Gasteiger partial charge < -0.3 is 5.32 Å². The Labute approximate surface area is 135 Å².